The molecule has 0 N–H and O–H groups in total. The Labute approximate surface area is 108 Å². The third-order valence-electron chi connectivity index (χ3n) is 2.67. The maximum absolute atomic E-state index is 12.9. The molecule has 0 fully saturated rings. The molecule has 3 aromatic heterocycles. The topological polar surface area (TPSA) is 59.2 Å². The highest BCUT2D eigenvalue weighted by Gasteiger charge is 2.08. The third-order valence-corrected chi connectivity index (χ3v) is 2.67. The van der Waals surface area contributed by atoms with E-state index in [0.717, 1.165) is 17.6 Å². The zero-order chi connectivity index (χ0) is 13.4. The van der Waals surface area contributed by atoms with Crippen molar-refractivity contribution in [1.29, 1.82) is 0 Å². The molecule has 0 atom stereocenters. The lowest BCUT2D eigenvalue weighted by molar-refractivity contribution is 0.569. The first-order valence-corrected chi connectivity index (χ1v) is 5.65. The van der Waals surface area contributed by atoms with Crippen LogP contribution in [0.5, 0.6) is 0 Å². The van der Waals surface area contributed by atoms with Gasteiger partial charge in [0.15, 0.2) is 0 Å². The number of halogens is 1. The highest BCUT2D eigenvalue weighted by Crippen LogP contribution is 2.19. The van der Waals surface area contributed by atoms with Crippen LogP contribution in [-0.2, 0) is 0 Å². The Morgan fingerprint density at radius 2 is 2.00 bits per heavy atom. The van der Waals surface area contributed by atoms with Crippen LogP contribution in [0.15, 0.2) is 30.7 Å². The van der Waals surface area contributed by atoms with Crippen LogP contribution in [0.25, 0.3) is 17.0 Å². The van der Waals surface area contributed by atoms with E-state index in [1.54, 1.807) is 12.4 Å². The molecular weight excluding hydrogens is 247 g/mol. The Morgan fingerprint density at radius 1 is 1.16 bits per heavy atom. The number of imidazole rings is 1. The van der Waals surface area contributed by atoms with Gasteiger partial charge in [-0.05, 0) is 12.1 Å². The predicted octanol–water partition coefficient (Wildman–Crippen LogP) is 1.39. The molecule has 0 saturated carbocycles. The van der Waals surface area contributed by atoms with Gasteiger partial charge in [-0.1, -0.05) is 0 Å². The summed E-state index contributed by atoms with van der Waals surface area (Å²) in [4.78, 5) is 14.1. The second-order valence-corrected chi connectivity index (χ2v) is 4.25. The molecule has 0 radical (unpaired) electrons. The van der Waals surface area contributed by atoms with Crippen molar-refractivity contribution in [3.05, 3.63) is 36.7 Å². The average Bonchev–Trinajstić information content (AvgIpc) is 2.81. The fraction of sp³-hybridized carbons (Fsp3) is 0.167. The zero-order valence-corrected chi connectivity index (χ0v) is 10.4. The summed E-state index contributed by atoms with van der Waals surface area (Å²) in [6, 6.07) is 3.79. The van der Waals surface area contributed by atoms with Crippen LogP contribution in [0.1, 0.15) is 0 Å². The highest BCUT2D eigenvalue weighted by atomic mass is 19.1. The Bertz CT molecular complexity index is 719. The normalized spacial score (nSPS) is 10.9. The highest BCUT2D eigenvalue weighted by molar-refractivity contribution is 5.61. The van der Waals surface area contributed by atoms with Crippen molar-refractivity contribution >= 4 is 11.6 Å². The number of hydrogen-bond acceptors (Lipinski definition) is 5. The molecular formula is C12H11FN6. The number of rotatable bonds is 2. The van der Waals surface area contributed by atoms with Gasteiger partial charge in [0, 0.05) is 25.9 Å². The number of anilines is 1. The van der Waals surface area contributed by atoms with Gasteiger partial charge in [-0.25, -0.2) is 14.5 Å². The molecule has 96 valence electrons. The van der Waals surface area contributed by atoms with Gasteiger partial charge in [0.25, 0.3) is 5.78 Å². The van der Waals surface area contributed by atoms with Gasteiger partial charge in [-0.2, -0.15) is 14.5 Å². The van der Waals surface area contributed by atoms with E-state index < -0.39 is 5.95 Å². The Hall–Kier alpha value is -2.57. The van der Waals surface area contributed by atoms with Crippen LogP contribution in [0.2, 0.25) is 0 Å². The maximum atomic E-state index is 12.9. The van der Waals surface area contributed by atoms with Gasteiger partial charge in [0.2, 0.25) is 5.95 Å². The standard InChI is InChI=1S/C12H11FN6/c1-18(2)11-4-3-8(5-14-11)9-7-19-12(16-9)17-10(13)6-15-19/h3-7H,1-2H3. The summed E-state index contributed by atoms with van der Waals surface area (Å²) in [6.45, 7) is 0. The number of pyridine rings is 1. The van der Waals surface area contributed by atoms with E-state index in [0.29, 0.717) is 5.69 Å². The van der Waals surface area contributed by atoms with Gasteiger partial charge >= 0.3 is 0 Å². The van der Waals surface area contributed by atoms with E-state index in [4.69, 9.17) is 0 Å². The number of hydrogen-bond donors (Lipinski definition) is 0. The van der Waals surface area contributed by atoms with E-state index in [-0.39, 0.29) is 5.78 Å². The van der Waals surface area contributed by atoms with Gasteiger partial charge in [-0.3, -0.25) is 0 Å². The molecule has 3 heterocycles. The van der Waals surface area contributed by atoms with E-state index in [1.807, 2.05) is 31.1 Å². The van der Waals surface area contributed by atoms with Crippen molar-refractivity contribution in [2.75, 3.05) is 19.0 Å². The quantitative estimate of drug-likeness (QED) is 0.695. The molecule has 3 rings (SSSR count). The molecule has 19 heavy (non-hydrogen) atoms. The molecule has 0 aliphatic rings. The van der Waals surface area contributed by atoms with Gasteiger partial charge in [0.05, 0.1) is 11.9 Å². The molecule has 0 bridgehead atoms. The SMILES string of the molecule is CN(C)c1ccc(-c2cn3ncc(F)nc3n2)cn1. The van der Waals surface area contributed by atoms with Crippen molar-refractivity contribution in [1.82, 2.24) is 24.6 Å². The zero-order valence-electron chi connectivity index (χ0n) is 10.4. The second kappa shape index (κ2) is 4.27. The van der Waals surface area contributed by atoms with E-state index in [2.05, 4.69) is 20.1 Å². The summed E-state index contributed by atoms with van der Waals surface area (Å²) in [5, 5.41) is 3.86. The van der Waals surface area contributed by atoms with Crippen LogP contribution in [0, 0.1) is 5.95 Å². The molecule has 0 amide bonds. The van der Waals surface area contributed by atoms with Crippen molar-refractivity contribution in [3.63, 3.8) is 0 Å². The summed E-state index contributed by atoms with van der Waals surface area (Å²) in [7, 11) is 3.84. The summed E-state index contributed by atoms with van der Waals surface area (Å²) >= 11 is 0. The largest absolute Gasteiger partial charge is 0.363 e. The molecule has 3 aromatic rings. The molecule has 6 nitrogen and oxygen atoms in total. The lowest BCUT2D eigenvalue weighted by atomic mass is 10.2. The fourth-order valence-electron chi connectivity index (χ4n) is 1.70. The summed E-state index contributed by atoms with van der Waals surface area (Å²) < 4.78 is 14.4. The number of nitrogens with zero attached hydrogens (tertiary/aromatic N) is 6. The van der Waals surface area contributed by atoms with E-state index >= 15 is 0 Å². The minimum atomic E-state index is -0.647. The molecule has 0 aliphatic heterocycles. The lowest BCUT2D eigenvalue weighted by Gasteiger charge is -2.10. The maximum Gasteiger partial charge on any atom is 0.253 e. The molecule has 0 aromatic carbocycles. The summed E-state index contributed by atoms with van der Waals surface area (Å²) in [6.07, 6.45) is 4.45. The predicted molar refractivity (Wildman–Crippen MR) is 68.3 cm³/mol. The Morgan fingerprint density at radius 3 is 2.68 bits per heavy atom. The van der Waals surface area contributed by atoms with Crippen molar-refractivity contribution in [2.24, 2.45) is 0 Å². The fourth-order valence-corrected chi connectivity index (χ4v) is 1.70. The first-order chi connectivity index (χ1) is 9.13. The van der Waals surface area contributed by atoms with E-state index in [1.165, 1.54) is 4.52 Å². The Kier molecular flexibility index (Phi) is 2.59. The smallest absolute Gasteiger partial charge is 0.253 e. The van der Waals surface area contributed by atoms with Crippen LogP contribution in [0.3, 0.4) is 0 Å². The average molecular weight is 258 g/mol. The molecule has 0 spiro atoms. The number of fused-ring (bicyclic) bond motifs is 1. The lowest BCUT2D eigenvalue weighted by Crippen LogP contribution is -2.09. The van der Waals surface area contributed by atoms with Crippen LogP contribution >= 0.6 is 0 Å². The van der Waals surface area contributed by atoms with Crippen LogP contribution in [0.4, 0.5) is 10.2 Å². The van der Waals surface area contributed by atoms with Crippen LogP contribution in [-0.4, -0.2) is 38.7 Å². The van der Waals surface area contributed by atoms with Gasteiger partial charge in [-0.15, -0.1) is 0 Å². The molecule has 0 saturated heterocycles. The minimum Gasteiger partial charge on any atom is -0.363 e. The summed E-state index contributed by atoms with van der Waals surface area (Å²) in [5.74, 6) is 0.437. The molecule has 7 heteroatoms. The summed E-state index contributed by atoms with van der Waals surface area (Å²) in [5.41, 5.74) is 1.49. The van der Waals surface area contributed by atoms with E-state index in [9.17, 15) is 4.39 Å². The third kappa shape index (κ3) is 2.10. The van der Waals surface area contributed by atoms with Crippen molar-refractivity contribution in [3.8, 4) is 11.3 Å². The molecule has 0 aliphatic carbocycles. The van der Waals surface area contributed by atoms with Crippen LogP contribution < -0.4 is 4.90 Å². The Balaban J connectivity index is 2.03. The number of aromatic nitrogens is 5. The first-order valence-electron chi connectivity index (χ1n) is 5.65. The van der Waals surface area contributed by atoms with Crippen molar-refractivity contribution in [2.45, 2.75) is 0 Å². The first kappa shape index (κ1) is 11.5. The van der Waals surface area contributed by atoms with Crippen molar-refractivity contribution < 1.29 is 4.39 Å². The minimum absolute atomic E-state index is 0.228. The second-order valence-electron chi connectivity index (χ2n) is 4.25. The monoisotopic (exact) mass is 258 g/mol. The van der Waals surface area contributed by atoms with Gasteiger partial charge < -0.3 is 4.90 Å². The van der Waals surface area contributed by atoms with Gasteiger partial charge in [0.1, 0.15) is 12.0 Å². The molecule has 0 unspecified atom stereocenters.